The highest BCUT2D eigenvalue weighted by Gasteiger charge is 2.11. The minimum atomic E-state index is -0.165. The predicted octanol–water partition coefficient (Wildman–Crippen LogP) is 5.24. The van der Waals surface area contributed by atoms with Gasteiger partial charge >= 0.3 is 0 Å². The summed E-state index contributed by atoms with van der Waals surface area (Å²) < 4.78 is 10.8. The molecule has 1 N–H and O–H groups in total. The average molecular weight is 374 g/mol. The number of methoxy groups -OCH3 is 1. The number of para-hydroxylation sites is 1. The van der Waals surface area contributed by atoms with Gasteiger partial charge in [-0.25, -0.2) is 0 Å². The summed E-state index contributed by atoms with van der Waals surface area (Å²) in [4.78, 5) is 13.0. The number of nitrogens with one attached hydrogen (secondary N) is 1. The molecule has 0 atom stereocenters. The molecule has 4 nitrogen and oxygen atoms in total. The van der Waals surface area contributed by atoms with Crippen LogP contribution in [0.2, 0.25) is 5.02 Å². The number of amides is 1. The molecule has 2 aromatic carbocycles. The van der Waals surface area contributed by atoms with E-state index in [0.29, 0.717) is 33.7 Å². The van der Waals surface area contributed by atoms with E-state index in [4.69, 9.17) is 21.1 Å². The molecule has 0 aliphatic heterocycles. The van der Waals surface area contributed by atoms with Crippen molar-refractivity contribution in [2.75, 3.05) is 12.4 Å². The van der Waals surface area contributed by atoms with Gasteiger partial charge in [0, 0.05) is 17.3 Å². The van der Waals surface area contributed by atoms with Crippen LogP contribution in [0.1, 0.15) is 15.2 Å². The van der Waals surface area contributed by atoms with E-state index >= 15 is 0 Å². The molecule has 0 radical (unpaired) electrons. The third-order valence-electron chi connectivity index (χ3n) is 3.44. The SMILES string of the molecule is COc1cccc(NC(=O)c2cc(COc3ccccc3Cl)cs2)c1. The van der Waals surface area contributed by atoms with E-state index in [-0.39, 0.29) is 5.91 Å². The standard InChI is InChI=1S/C19H16ClNO3S/c1-23-15-6-4-5-14(10-15)21-19(22)18-9-13(12-25-18)11-24-17-8-3-2-7-16(17)20/h2-10,12H,11H2,1H3,(H,21,22). The van der Waals surface area contributed by atoms with Crippen molar-refractivity contribution >= 4 is 34.5 Å². The summed E-state index contributed by atoms with van der Waals surface area (Å²) in [6.45, 7) is 0.354. The molecule has 25 heavy (non-hydrogen) atoms. The number of carbonyl (C=O) groups excluding carboxylic acids is 1. The molecule has 3 rings (SSSR count). The fourth-order valence-corrected chi connectivity index (χ4v) is 3.17. The Kier molecular flexibility index (Phi) is 5.58. The molecule has 0 unspecified atom stereocenters. The van der Waals surface area contributed by atoms with Crippen LogP contribution in [0.15, 0.2) is 60.0 Å². The zero-order valence-corrected chi connectivity index (χ0v) is 15.1. The highest BCUT2D eigenvalue weighted by atomic mass is 35.5. The molecule has 0 fully saturated rings. The number of rotatable bonds is 6. The van der Waals surface area contributed by atoms with Gasteiger partial charge in [-0.3, -0.25) is 4.79 Å². The van der Waals surface area contributed by atoms with Crippen LogP contribution in [0.25, 0.3) is 0 Å². The second-order valence-electron chi connectivity index (χ2n) is 5.22. The van der Waals surface area contributed by atoms with Gasteiger partial charge in [0.1, 0.15) is 18.1 Å². The van der Waals surface area contributed by atoms with Crippen LogP contribution in [0.4, 0.5) is 5.69 Å². The lowest BCUT2D eigenvalue weighted by Crippen LogP contribution is -2.10. The quantitative estimate of drug-likeness (QED) is 0.642. The first-order chi connectivity index (χ1) is 12.2. The average Bonchev–Trinajstić information content (AvgIpc) is 3.10. The van der Waals surface area contributed by atoms with Crippen molar-refractivity contribution in [3.05, 3.63) is 75.4 Å². The maximum absolute atomic E-state index is 12.4. The van der Waals surface area contributed by atoms with Gasteiger partial charge in [-0.15, -0.1) is 11.3 Å². The van der Waals surface area contributed by atoms with E-state index in [1.807, 2.05) is 47.8 Å². The number of halogens is 1. The van der Waals surface area contributed by atoms with E-state index in [1.165, 1.54) is 11.3 Å². The normalized spacial score (nSPS) is 10.3. The molecule has 0 aliphatic rings. The van der Waals surface area contributed by atoms with Crippen LogP contribution in [0.5, 0.6) is 11.5 Å². The van der Waals surface area contributed by atoms with Gasteiger partial charge in [-0.1, -0.05) is 29.8 Å². The summed E-state index contributed by atoms with van der Waals surface area (Å²) in [7, 11) is 1.59. The lowest BCUT2D eigenvalue weighted by atomic mass is 10.2. The van der Waals surface area contributed by atoms with Gasteiger partial charge in [0.2, 0.25) is 0 Å². The molecule has 0 saturated heterocycles. The van der Waals surface area contributed by atoms with E-state index in [0.717, 1.165) is 5.56 Å². The van der Waals surface area contributed by atoms with Crippen LogP contribution >= 0.6 is 22.9 Å². The maximum Gasteiger partial charge on any atom is 0.265 e. The minimum absolute atomic E-state index is 0.165. The summed E-state index contributed by atoms with van der Waals surface area (Å²) in [5.74, 6) is 1.15. The topological polar surface area (TPSA) is 47.6 Å². The molecule has 0 saturated carbocycles. The fourth-order valence-electron chi connectivity index (χ4n) is 2.19. The Labute approximate surface area is 155 Å². The molecule has 128 valence electrons. The number of thiophene rings is 1. The van der Waals surface area contributed by atoms with Crippen LogP contribution in [0, 0.1) is 0 Å². The molecule has 1 amide bonds. The number of benzene rings is 2. The lowest BCUT2D eigenvalue weighted by molar-refractivity contribution is 0.103. The molecule has 1 aromatic heterocycles. The largest absolute Gasteiger partial charge is 0.497 e. The maximum atomic E-state index is 12.4. The molecule has 0 spiro atoms. The van der Waals surface area contributed by atoms with Crippen molar-refractivity contribution in [2.45, 2.75) is 6.61 Å². The lowest BCUT2D eigenvalue weighted by Gasteiger charge is -2.06. The first-order valence-electron chi connectivity index (χ1n) is 7.56. The smallest absolute Gasteiger partial charge is 0.265 e. The van der Waals surface area contributed by atoms with Gasteiger partial charge in [0.05, 0.1) is 17.0 Å². The van der Waals surface area contributed by atoms with Crippen LogP contribution in [-0.2, 0) is 6.61 Å². The number of ether oxygens (including phenoxy) is 2. The first kappa shape index (κ1) is 17.3. The summed E-state index contributed by atoms with van der Waals surface area (Å²) in [6, 6.07) is 16.3. The van der Waals surface area contributed by atoms with Gasteiger partial charge in [-0.05, 0) is 35.7 Å². The summed E-state index contributed by atoms with van der Waals surface area (Å²) in [5.41, 5.74) is 1.60. The third kappa shape index (κ3) is 4.53. The van der Waals surface area contributed by atoms with Crippen molar-refractivity contribution in [2.24, 2.45) is 0 Å². The highest BCUT2D eigenvalue weighted by molar-refractivity contribution is 7.12. The van der Waals surface area contributed by atoms with Crippen molar-refractivity contribution in [1.29, 1.82) is 0 Å². The summed E-state index contributed by atoms with van der Waals surface area (Å²) in [5, 5.41) is 5.32. The van der Waals surface area contributed by atoms with E-state index in [1.54, 1.807) is 19.2 Å². The molecule has 0 aliphatic carbocycles. The van der Waals surface area contributed by atoms with E-state index < -0.39 is 0 Å². The third-order valence-corrected chi connectivity index (χ3v) is 4.73. The zero-order valence-electron chi connectivity index (χ0n) is 13.5. The van der Waals surface area contributed by atoms with E-state index in [9.17, 15) is 4.79 Å². The number of hydrogen-bond acceptors (Lipinski definition) is 4. The van der Waals surface area contributed by atoms with Gasteiger partial charge < -0.3 is 14.8 Å². The minimum Gasteiger partial charge on any atom is -0.497 e. The Bertz CT molecular complexity index is 878. The fraction of sp³-hybridized carbons (Fsp3) is 0.105. The van der Waals surface area contributed by atoms with Crippen LogP contribution in [-0.4, -0.2) is 13.0 Å². The van der Waals surface area contributed by atoms with Gasteiger partial charge in [0.15, 0.2) is 0 Å². The Balaban J connectivity index is 1.62. The van der Waals surface area contributed by atoms with Crippen LogP contribution in [0.3, 0.4) is 0 Å². The van der Waals surface area contributed by atoms with Crippen LogP contribution < -0.4 is 14.8 Å². The molecule has 0 bridgehead atoms. The van der Waals surface area contributed by atoms with Gasteiger partial charge in [-0.2, -0.15) is 0 Å². The molecule has 3 aromatic rings. The monoisotopic (exact) mass is 373 g/mol. The predicted molar refractivity (Wildman–Crippen MR) is 101 cm³/mol. The Morgan fingerprint density at radius 3 is 2.80 bits per heavy atom. The van der Waals surface area contributed by atoms with Crippen molar-refractivity contribution in [3.63, 3.8) is 0 Å². The van der Waals surface area contributed by atoms with Crippen molar-refractivity contribution < 1.29 is 14.3 Å². The van der Waals surface area contributed by atoms with Crippen molar-refractivity contribution in [1.82, 2.24) is 0 Å². The second kappa shape index (κ2) is 8.05. The van der Waals surface area contributed by atoms with Crippen molar-refractivity contribution in [3.8, 4) is 11.5 Å². The Morgan fingerprint density at radius 1 is 1.16 bits per heavy atom. The molecular weight excluding hydrogens is 358 g/mol. The first-order valence-corrected chi connectivity index (χ1v) is 8.81. The summed E-state index contributed by atoms with van der Waals surface area (Å²) >= 11 is 7.43. The molecule has 6 heteroatoms. The number of carbonyl (C=O) groups is 1. The Hall–Kier alpha value is -2.50. The summed E-state index contributed by atoms with van der Waals surface area (Å²) in [6.07, 6.45) is 0. The van der Waals surface area contributed by atoms with E-state index in [2.05, 4.69) is 5.32 Å². The molecule has 1 heterocycles. The number of hydrogen-bond donors (Lipinski definition) is 1. The van der Waals surface area contributed by atoms with Gasteiger partial charge in [0.25, 0.3) is 5.91 Å². The highest BCUT2D eigenvalue weighted by Crippen LogP contribution is 2.25. The zero-order chi connectivity index (χ0) is 17.6. The molecular formula is C19H16ClNO3S. The second-order valence-corrected chi connectivity index (χ2v) is 6.54. The number of anilines is 1. The Morgan fingerprint density at radius 2 is 2.00 bits per heavy atom.